The van der Waals surface area contributed by atoms with Gasteiger partial charge in [-0.15, -0.1) is 11.3 Å². The molecule has 0 atom stereocenters. The van der Waals surface area contributed by atoms with Crippen molar-refractivity contribution in [2.45, 2.75) is 17.5 Å². The molecule has 0 unspecified atom stereocenters. The first-order valence-electron chi connectivity index (χ1n) is 8.10. The van der Waals surface area contributed by atoms with Gasteiger partial charge in [-0.25, -0.2) is 4.98 Å². The van der Waals surface area contributed by atoms with Crippen LogP contribution in [0.5, 0.6) is 0 Å². The van der Waals surface area contributed by atoms with E-state index < -0.39 is 0 Å². The van der Waals surface area contributed by atoms with Gasteiger partial charge >= 0.3 is 0 Å². The fourth-order valence-electron chi connectivity index (χ4n) is 2.73. The van der Waals surface area contributed by atoms with E-state index >= 15 is 0 Å². The number of thioether (sulfide) groups is 1. The van der Waals surface area contributed by atoms with Gasteiger partial charge in [0, 0.05) is 15.7 Å². The molecular formula is C20H15ClN2OS2. The van der Waals surface area contributed by atoms with Crippen LogP contribution in [0.25, 0.3) is 10.9 Å². The Morgan fingerprint density at radius 3 is 2.77 bits per heavy atom. The fourth-order valence-corrected chi connectivity index (χ4v) is 4.58. The number of hydrogen-bond donors (Lipinski definition) is 0. The first-order chi connectivity index (χ1) is 12.7. The summed E-state index contributed by atoms with van der Waals surface area (Å²) in [5.41, 5.74) is 1.83. The zero-order chi connectivity index (χ0) is 17.9. The van der Waals surface area contributed by atoms with Gasteiger partial charge in [0.2, 0.25) is 0 Å². The van der Waals surface area contributed by atoms with E-state index in [2.05, 4.69) is 0 Å². The van der Waals surface area contributed by atoms with Gasteiger partial charge in [0.25, 0.3) is 5.56 Å². The van der Waals surface area contributed by atoms with Crippen LogP contribution < -0.4 is 5.56 Å². The molecule has 0 aliphatic heterocycles. The summed E-state index contributed by atoms with van der Waals surface area (Å²) in [6.07, 6.45) is 0. The van der Waals surface area contributed by atoms with Crippen LogP contribution in [-0.4, -0.2) is 9.55 Å². The maximum Gasteiger partial charge on any atom is 0.262 e. The summed E-state index contributed by atoms with van der Waals surface area (Å²) in [5.74, 6) is 0.704. The zero-order valence-electron chi connectivity index (χ0n) is 13.8. The van der Waals surface area contributed by atoms with Crippen LogP contribution in [0.15, 0.2) is 76.0 Å². The van der Waals surface area contributed by atoms with Crippen LogP contribution in [0.3, 0.4) is 0 Å². The lowest BCUT2D eigenvalue weighted by molar-refractivity contribution is 0.664. The Bertz CT molecular complexity index is 1110. The van der Waals surface area contributed by atoms with Crippen LogP contribution in [-0.2, 0) is 12.3 Å². The van der Waals surface area contributed by atoms with Gasteiger partial charge in [0.05, 0.1) is 17.4 Å². The second-order valence-corrected chi connectivity index (χ2v) is 8.21. The van der Waals surface area contributed by atoms with E-state index in [9.17, 15) is 4.79 Å². The van der Waals surface area contributed by atoms with Gasteiger partial charge in [-0.05, 0) is 41.3 Å². The lowest BCUT2D eigenvalue weighted by atomic mass is 10.2. The maximum atomic E-state index is 13.0. The van der Waals surface area contributed by atoms with Crippen LogP contribution >= 0.6 is 34.7 Å². The van der Waals surface area contributed by atoms with Crippen molar-refractivity contribution in [1.29, 1.82) is 0 Å². The highest BCUT2D eigenvalue weighted by molar-refractivity contribution is 7.98. The molecule has 4 aromatic rings. The largest absolute Gasteiger partial charge is 0.282 e. The highest BCUT2D eigenvalue weighted by Crippen LogP contribution is 2.24. The third-order valence-corrected chi connectivity index (χ3v) is 6.12. The van der Waals surface area contributed by atoms with E-state index in [1.54, 1.807) is 27.7 Å². The Labute approximate surface area is 164 Å². The first kappa shape index (κ1) is 17.3. The van der Waals surface area contributed by atoms with Crippen molar-refractivity contribution < 1.29 is 0 Å². The second kappa shape index (κ2) is 7.66. The first-order valence-corrected chi connectivity index (χ1v) is 10.3. The summed E-state index contributed by atoms with van der Waals surface area (Å²) in [6, 6.07) is 19.3. The van der Waals surface area contributed by atoms with Crippen molar-refractivity contribution in [3.63, 3.8) is 0 Å². The number of rotatable bonds is 5. The predicted octanol–water partition coefficient (Wildman–Crippen LogP) is 5.45. The van der Waals surface area contributed by atoms with E-state index in [1.165, 1.54) is 0 Å². The lowest BCUT2D eigenvalue weighted by Gasteiger charge is -2.12. The quantitative estimate of drug-likeness (QED) is 0.331. The molecule has 6 heteroatoms. The lowest BCUT2D eigenvalue weighted by Crippen LogP contribution is -2.23. The molecule has 0 amide bonds. The van der Waals surface area contributed by atoms with Gasteiger partial charge in [0.1, 0.15) is 0 Å². The van der Waals surface area contributed by atoms with Crippen molar-refractivity contribution in [3.05, 3.63) is 91.9 Å². The summed E-state index contributed by atoms with van der Waals surface area (Å²) in [5, 5.41) is 4.11. The van der Waals surface area contributed by atoms with E-state index in [4.69, 9.17) is 16.6 Å². The molecule has 2 aromatic heterocycles. The van der Waals surface area contributed by atoms with Crippen LogP contribution in [0, 0.1) is 0 Å². The molecule has 130 valence electrons. The van der Waals surface area contributed by atoms with Gasteiger partial charge in [-0.3, -0.25) is 9.36 Å². The van der Waals surface area contributed by atoms with E-state index in [0.29, 0.717) is 22.7 Å². The average Bonchev–Trinajstić information content (AvgIpc) is 3.16. The third-order valence-electron chi connectivity index (χ3n) is 3.98. The summed E-state index contributed by atoms with van der Waals surface area (Å²) >= 11 is 9.28. The number of halogens is 1. The average molecular weight is 399 g/mol. The molecule has 0 bridgehead atoms. The van der Waals surface area contributed by atoms with E-state index in [1.807, 2.05) is 66.0 Å². The van der Waals surface area contributed by atoms with Crippen molar-refractivity contribution in [2.75, 3.05) is 0 Å². The molecule has 0 fully saturated rings. The van der Waals surface area contributed by atoms with Crippen molar-refractivity contribution in [1.82, 2.24) is 9.55 Å². The SMILES string of the molecule is O=c1c2ccccc2nc(SCc2cccc(Cl)c2)n1Cc1cccs1. The fraction of sp³-hybridized carbons (Fsp3) is 0.100. The summed E-state index contributed by atoms with van der Waals surface area (Å²) in [4.78, 5) is 18.9. The molecule has 0 spiro atoms. The Morgan fingerprint density at radius 1 is 1.08 bits per heavy atom. The Hall–Kier alpha value is -2.08. The zero-order valence-corrected chi connectivity index (χ0v) is 16.2. The Morgan fingerprint density at radius 2 is 1.96 bits per heavy atom. The van der Waals surface area contributed by atoms with Crippen LogP contribution in [0.2, 0.25) is 5.02 Å². The molecule has 3 nitrogen and oxygen atoms in total. The summed E-state index contributed by atoms with van der Waals surface area (Å²) in [6.45, 7) is 0.534. The van der Waals surface area contributed by atoms with Crippen molar-refractivity contribution in [2.24, 2.45) is 0 Å². The monoisotopic (exact) mass is 398 g/mol. The molecule has 0 saturated carbocycles. The number of benzene rings is 2. The Kier molecular flexibility index (Phi) is 5.11. The van der Waals surface area contributed by atoms with Gasteiger partial charge in [-0.2, -0.15) is 0 Å². The van der Waals surface area contributed by atoms with Crippen LogP contribution in [0.1, 0.15) is 10.4 Å². The van der Waals surface area contributed by atoms with Gasteiger partial charge in [0.15, 0.2) is 5.16 Å². The molecule has 2 aromatic carbocycles. The predicted molar refractivity (Wildman–Crippen MR) is 110 cm³/mol. The topological polar surface area (TPSA) is 34.9 Å². The molecule has 0 aliphatic rings. The number of aromatic nitrogens is 2. The molecule has 0 N–H and O–H groups in total. The molecule has 0 radical (unpaired) electrons. The molecule has 2 heterocycles. The normalized spacial score (nSPS) is 11.1. The Balaban J connectivity index is 1.74. The highest BCUT2D eigenvalue weighted by atomic mass is 35.5. The third kappa shape index (κ3) is 3.70. The summed E-state index contributed by atoms with van der Waals surface area (Å²) in [7, 11) is 0. The molecule has 4 rings (SSSR count). The second-order valence-electron chi connectivity index (χ2n) is 5.80. The standard InChI is InChI=1S/C20H15ClN2OS2/c21-15-6-3-5-14(11-15)13-26-20-22-18-9-2-1-8-17(18)19(24)23(20)12-16-7-4-10-25-16/h1-11H,12-13H2. The maximum absolute atomic E-state index is 13.0. The molecule has 0 aliphatic carbocycles. The number of para-hydroxylation sites is 1. The number of thiophene rings is 1. The van der Waals surface area contributed by atoms with Gasteiger partial charge in [-0.1, -0.05) is 53.7 Å². The number of hydrogen-bond acceptors (Lipinski definition) is 4. The number of nitrogens with zero attached hydrogens (tertiary/aromatic N) is 2. The highest BCUT2D eigenvalue weighted by Gasteiger charge is 2.12. The number of fused-ring (bicyclic) bond motifs is 1. The van der Waals surface area contributed by atoms with E-state index in [-0.39, 0.29) is 5.56 Å². The minimum atomic E-state index is -0.00223. The minimum absolute atomic E-state index is 0.00223. The van der Waals surface area contributed by atoms with Gasteiger partial charge < -0.3 is 0 Å². The van der Waals surface area contributed by atoms with Crippen molar-refractivity contribution in [3.8, 4) is 0 Å². The summed E-state index contributed by atoms with van der Waals surface area (Å²) < 4.78 is 1.77. The minimum Gasteiger partial charge on any atom is -0.282 e. The van der Waals surface area contributed by atoms with Crippen molar-refractivity contribution >= 4 is 45.6 Å². The molecule has 26 heavy (non-hydrogen) atoms. The molecule has 0 saturated heterocycles. The molecular weight excluding hydrogens is 384 g/mol. The smallest absolute Gasteiger partial charge is 0.262 e. The van der Waals surface area contributed by atoms with Crippen LogP contribution in [0.4, 0.5) is 0 Å². The van der Waals surface area contributed by atoms with E-state index in [0.717, 1.165) is 21.1 Å².